The van der Waals surface area contributed by atoms with Crippen molar-refractivity contribution in [3.05, 3.63) is 30.3 Å². The summed E-state index contributed by atoms with van der Waals surface area (Å²) < 4.78 is 12.5. The van der Waals surface area contributed by atoms with Crippen LogP contribution in [0.3, 0.4) is 0 Å². The standard InChI is InChI=1S/C15H23NO3S/c1-2-3-4-5-7-10-14(17)13-20(19,16-18)15-11-8-6-9-12-15/h6,8-9,11-13,18H,2-5,7,10H2,1H3,(H,16,19). The number of hydrogen-bond donors (Lipinski definition) is 2. The molecule has 0 bridgehead atoms. The second-order valence-electron chi connectivity index (χ2n) is 4.75. The zero-order valence-electron chi connectivity index (χ0n) is 11.9. The fourth-order valence-corrected chi connectivity index (χ4v) is 3.26. The third-order valence-electron chi connectivity index (χ3n) is 3.05. The van der Waals surface area contributed by atoms with Crippen LogP contribution in [0.4, 0.5) is 0 Å². The Morgan fingerprint density at radius 2 is 1.85 bits per heavy atom. The molecule has 1 unspecified atom stereocenters. The predicted octanol–water partition coefficient (Wildman–Crippen LogP) is 2.96. The van der Waals surface area contributed by atoms with E-state index in [4.69, 9.17) is 5.21 Å². The zero-order chi connectivity index (χ0) is 14.8. The average molecular weight is 297 g/mol. The number of unbranched alkanes of at least 4 members (excludes halogenated alkanes) is 4. The van der Waals surface area contributed by atoms with Gasteiger partial charge < -0.3 is 5.21 Å². The highest BCUT2D eigenvalue weighted by Crippen LogP contribution is 2.09. The lowest BCUT2D eigenvalue weighted by Crippen LogP contribution is -2.24. The van der Waals surface area contributed by atoms with Crippen molar-refractivity contribution in [3.8, 4) is 0 Å². The minimum absolute atomic E-state index is 0.197. The lowest BCUT2D eigenvalue weighted by atomic mass is 10.1. The molecule has 5 heteroatoms. The van der Waals surface area contributed by atoms with Crippen molar-refractivity contribution in [1.29, 1.82) is 0 Å². The van der Waals surface area contributed by atoms with Crippen LogP contribution in [0, 0.1) is 0 Å². The summed E-state index contributed by atoms with van der Waals surface area (Å²) in [5.41, 5.74) is 0. The van der Waals surface area contributed by atoms with E-state index in [1.807, 2.05) is 0 Å². The summed E-state index contributed by atoms with van der Waals surface area (Å²) in [6, 6.07) is 8.47. The number of benzene rings is 1. The molecular weight excluding hydrogens is 274 g/mol. The van der Waals surface area contributed by atoms with E-state index in [2.05, 4.69) is 6.92 Å². The molecule has 0 spiro atoms. The van der Waals surface area contributed by atoms with Crippen LogP contribution in [0.25, 0.3) is 0 Å². The smallest absolute Gasteiger partial charge is 0.165 e. The molecule has 1 rings (SSSR count). The molecule has 1 aromatic carbocycles. The predicted molar refractivity (Wildman–Crippen MR) is 82.2 cm³/mol. The molecule has 20 heavy (non-hydrogen) atoms. The molecule has 0 aliphatic carbocycles. The van der Waals surface area contributed by atoms with Crippen molar-refractivity contribution in [3.63, 3.8) is 0 Å². The first-order valence-electron chi connectivity index (χ1n) is 7.00. The van der Waals surface area contributed by atoms with Gasteiger partial charge in [-0.3, -0.25) is 4.79 Å². The van der Waals surface area contributed by atoms with Gasteiger partial charge in [-0.25, -0.2) is 4.21 Å². The Balaban J connectivity index is 2.65. The highest BCUT2D eigenvalue weighted by atomic mass is 32.2. The summed E-state index contributed by atoms with van der Waals surface area (Å²) >= 11 is 0. The molecular formula is C15H23NO3S. The number of ketones is 1. The topological polar surface area (TPSA) is 66.4 Å². The first kappa shape index (κ1) is 16.9. The van der Waals surface area contributed by atoms with Crippen LogP contribution in [0.15, 0.2) is 35.2 Å². The van der Waals surface area contributed by atoms with Gasteiger partial charge in [0, 0.05) is 11.3 Å². The quantitative estimate of drug-likeness (QED) is 0.418. The van der Waals surface area contributed by atoms with E-state index in [0.29, 0.717) is 11.3 Å². The number of Topliss-reactive ketones (excluding diaryl/α,β-unsaturated/α-hetero) is 1. The second kappa shape index (κ2) is 8.89. The van der Waals surface area contributed by atoms with Crippen molar-refractivity contribution in [1.82, 2.24) is 4.89 Å². The normalized spacial score (nSPS) is 13.7. The SMILES string of the molecule is CCCCCCCC(=O)C=S(=O)(NO)c1ccccc1. The Hall–Kier alpha value is -1.17. The van der Waals surface area contributed by atoms with Crippen LogP contribution in [0.2, 0.25) is 0 Å². The number of carbonyl (C=O) groups excluding carboxylic acids is 1. The van der Waals surface area contributed by atoms with E-state index < -0.39 is 9.71 Å². The molecule has 112 valence electrons. The summed E-state index contributed by atoms with van der Waals surface area (Å²) in [5.74, 6) is -0.197. The Bertz CT molecular complexity index is 519. The Kier molecular flexibility index (Phi) is 7.51. The van der Waals surface area contributed by atoms with Crippen LogP contribution in [0.1, 0.15) is 45.4 Å². The van der Waals surface area contributed by atoms with Crippen molar-refractivity contribution < 1.29 is 14.2 Å². The maximum atomic E-state index is 12.5. The van der Waals surface area contributed by atoms with Crippen LogP contribution >= 0.6 is 0 Å². The van der Waals surface area contributed by atoms with E-state index in [-0.39, 0.29) is 5.78 Å². The van der Waals surface area contributed by atoms with Gasteiger partial charge in [0.2, 0.25) is 0 Å². The number of carbonyl (C=O) groups is 1. The Morgan fingerprint density at radius 1 is 1.20 bits per heavy atom. The fraction of sp³-hybridized carbons (Fsp3) is 0.467. The highest BCUT2D eigenvalue weighted by Gasteiger charge is 2.11. The summed E-state index contributed by atoms with van der Waals surface area (Å²) in [4.78, 5) is 14.0. The van der Waals surface area contributed by atoms with Gasteiger partial charge in [-0.1, -0.05) is 50.8 Å². The van der Waals surface area contributed by atoms with Gasteiger partial charge in [0.15, 0.2) is 5.78 Å². The molecule has 0 heterocycles. The van der Waals surface area contributed by atoms with Gasteiger partial charge >= 0.3 is 0 Å². The third kappa shape index (κ3) is 5.45. The molecule has 0 saturated heterocycles. The van der Waals surface area contributed by atoms with Gasteiger partial charge in [-0.05, 0) is 18.6 Å². The van der Waals surface area contributed by atoms with E-state index in [0.717, 1.165) is 31.1 Å². The van der Waals surface area contributed by atoms with Crippen LogP contribution in [-0.4, -0.2) is 20.6 Å². The first-order valence-corrected chi connectivity index (χ1v) is 8.62. The Labute approximate surface area is 121 Å². The molecule has 0 aliphatic heterocycles. The lowest BCUT2D eigenvalue weighted by molar-refractivity contribution is -0.112. The van der Waals surface area contributed by atoms with Gasteiger partial charge in [0.1, 0.15) is 0 Å². The largest absolute Gasteiger partial charge is 0.304 e. The summed E-state index contributed by atoms with van der Waals surface area (Å²) in [5, 5.41) is 10.2. The monoisotopic (exact) mass is 297 g/mol. The third-order valence-corrected chi connectivity index (χ3v) is 4.89. The summed E-state index contributed by atoms with van der Waals surface area (Å²) in [7, 11) is -3.02. The van der Waals surface area contributed by atoms with Crippen LogP contribution in [0.5, 0.6) is 0 Å². The lowest BCUT2D eigenvalue weighted by Gasteiger charge is -2.08. The number of hydrogen-bond acceptors (Lipinski definition) is 3. The maximum Gasteiger partial charge on any atom is 0.165 e. The van der Waals surface area contributed by atoms with E-state index in [1.54, 1.807) is 35.2 Å². The van der Waals surface area contributed by atoms with Crippen molar-refractivity contribution in [2.45, 2.75) is 50.3 Å². The van der Waals surface area contributed by atoms with E-state index in [1.165, 1.54) is 6.42 Å². The molecule has 0 fully saturated rings. The van der Waals surface area contributed by atoms with Crippen molar-refractivity contribution >= 4 is 20.9 Å². The molecule has 0 aliphatic rings. The maximum absolute atomic E-state index is 12.5. The minimum atomic E-state index is -3.02. The first-order chi connectivity index (χ1) is 9.62. The highest BCUT2D eigenvalue weighted by molar-refractivity contribution is 8.00. The van der Waals surface area contributed by atoms with Gasteiger partial charge in [0.25, 0.3) is 0 Å². The van der Waals surface area contributed by atoms with E-state index >= 15 is 0 Å². The van der Waals surface area contributed by atoms with Crippen LogP contribution in [-0.2, 0) is 14.5 Å². The molecule has 2 N–H and O–H groups in total. The molecule has 0 saturated carbocycles. The number of rotatable bonds is 9. The Morgan fingerprint density at radius 3 is 2.45 bits per heavy atom. The fourth-order valence-electron chi connectivity index (χ4n) is 1.92. The van der Waals surface area contributed by atoms with Gasteiger partial charge in [-0.15, -0.1) is 4.89 Å². The van der Waals surface area contributed by atoms with Crippen molar-refractivity contribution in [2.75, 3.05) is 0 Å². The average Bonchev–Trinajstić information content (AvgIpc) is 2.48. The summed E-state index contributed by atoms with van der Waals surface area (Å²) in [6.07, 6.45) is 5.63. The molecule has 1 aromatic rings. The van der Waals surface area contributed by atoms with Crippen LogP contribution < -0.4 is 4.89 Å². The molecule has 1 atom stereocenters. The van der Waals surface area contributed by atoms with E-state index in [9.17, 15) is 9.00 Å². The zero-order valence-corrected chi connectivity index (χ0v) is 12.7. The second-order valence-corrected chi connectivity index (χ2v) is 6.84. The molecule has 0 radical (unpaired) electrons. The minimum Gasteiger partial charge on any atom is -0.304 e. The molecule has 0 aromatic heterocycles. The molecule has 4 nitrogen and oxygen atoms in total. The molecule has 0 amide bonds. The summed E-state index contributed by atoms with van der Waals surface area (Å²) in [6.45, 7) is 2.14. The number of nitrogens with one attached hydrogen (secondary N) is 1. The van der Waals surface area contributed by atoms with Gasteiger partial charge in [0.05, 0.1) is 15.1 Å². The van der Waals surface area contributed by atoms with Crippen molar-refractivity contribution in [2.24, 2.45) is 0 Å². The van der Waals surface area contributed by atoms with Gasteiger partial charge in [-0.2, -0.15) is 0 Å².